The quantitative estimate of drug-likeness (QED) is 0.694. The summed E-state index contributed by atoms with van der Waals surface area (Å²) in [5, 5.41) is 2.14. The first kappa shape index (κ1) is 15.8. The maximum atomic E-state index is 2.28. The summed E-state index contributed by atoms with van der Waals surface area (Å²) in [5.41, 5.74) is 5.22. The molecule has 1 nitrogen and oxygen atoms in total. The van der Waals surface area contributed by atoms with E-state index in [4.69, 9.17) is 0 Å². The summed E-state index contributed by atoms with van der Waals surface area (Å²) in [5.74, 6) is 0. The van der Waals surface area contributed by atoms with Gasteiger partial charge in [-0.15, -0.1) is 11.3 Å². The zero-order valence-corrected chi connectivity index (χ0v) is 15.0. The van der Waals surface area contributed by atoms with Crippen LogP contribution in [0.3, 0.4) is 0 Å². The van der Waals surface area contributed by atoms with E-state index in [1.807, 2.05) is 0 Å². The zero-order chi connectivity index (χ0) is 16.4. The van der Waals surface area contributed by atoms with Crippen molar-refractivity contribution < 1.29 is 0 Å². The molecule has 0 aliphatic heterocycles. The molecule has 1 aromatic carbocycles. The second-order valence-corrected chi connectivity index (χ2v) is 7.68. The Hall–Kier alpha value is -2.06. The molecule has 2 aromatic rings. The minimum Gasteiger partial charge on any atom is -0.378 e. The highest BCUT2D eigenvalue weighted by atomic mass is 32.1. The van der Waals surface area contributed by atoms with Gasteiger partial charge in [0.2, 0.25) is 0 Å². The Labute approximate surface area is 143 Å². The van der Waals surface area contributed by atoms with E-state index in [1.165, 1.54) is 27.3 Å². The molecule has 1 heterocycles. The number of hydrogen-bond acceptors (Lipinski definition) is 2. The first-order valence-electron chi connectivity index (χ1n) is 7.91. The minimum atomic E-state index is 0.138. The average molecular weight is 321 g/mol. The summed E-state index contributed by atoms with van der Waals surface area (Å²) in [6, 6.07) is 13.1. The van der Waals surface area contributed by atoms with Crippen molar-refractivity contribution in [2.45, 2.75) is 13.8 Å². The van der Waals surface area contributed by atoms with Crippen LogP contribution in [0.4, 0.5) is 5.69 Å². The molecule has 23 heavy (non-hydrogen) atoms. The maximum Gasteiger partial charge on any atom is 0.0361 e. The van der Waals surface area contributed by atoms with E-state index in [-0.39, 0.29) is 5.41 Å². The van der Waals surface area contributed by atoms with Crippen molar-refractivity contribution in [3.8, 4) is 0 Å². The lowest BCUT2D eigenvalue weighted by molar-refractivity contribution is 0.621. The standard InChI is InChI=1S/C21H23NS/c1-21(2)13-11-17(12-14-21)20(19-6-5-15-23-19)16-7-9-18(10-8-16)22(3)4/h5-15H,1-4H3. The molecule has 1 aliphatic carbocycles. The third kappa shape index (κ3) is 3.48. The topological polar surface area (TPSA) is 3.24 Å². The Balaban J connectivity index is 2.10. The molecular weight excluding hydrogens is 298 g/mol. The van der Waals surface area contributed by atoms with E-state index in [1.54, 1.807) is 11.3 Å². The van der Waals surface area contributed by atoms with Crippen molar-refractivity contribution in [3.05, 3.63) is 82.1 Å². The normalized spacial score (nSPS) is 15.7. The molecule has 0 saturated carbocycles. The lowest BCUT2D eigenvalue weighted by Crippen LogP contribution is -2.08. The van der Waals surface area contributed by atoms with Gasteiger partial charge in [-0.3, -0.25) is 0 Å². The first-order chi connectivity index (χ1) is 11.0. The molecule has 0 fully saturated rings. The van der Waals surface area contributed by atoms with Gasteiger partial charge in [0, 0.05) is 35.6 Å². The third-order valence-corrected chi connectivity index (χ3v) is 5.00. The second-order valence-electron chi connectivity index (χ2n) is 6.74. The molecule has 3 rings (SSSR count). The van der Waals surface area contributed by atoms with Crippen molar-refractivity contribution >= 4 is 22.6 Å². The maximum absolute atomic E-state index is 2.28. The smallest absolute Gasteiger partial charge is 0.0361 e. The Bertz CT molecular complexity index is 739. The predicted octanol–water partition coefficient (Wildman–Crippen LogP) is 5.77. The highest BCUT2D eigenvalue weighted by molar-refractivity contribution is 7.11. The molecule has 0 unspecified atom stereocenters. The van der Waals surface area contributed by atoms with E-state index >= 15 is 0 Å². The van der Waals surface area contributed by atoms with Crippen LogP contribution in [-0.2, 0) is 0 Å². The van der Waals surface area contributed by atoms with Gasteiger partial charge in [0.1, 0.15) is 0 Å². The van der Waals surface area contributed by atoms with Crippen LogP contribution in [0.25, 0.3) is 5.57 Å². The minimum absolute atomic E-state index is 0.138. The number of anilines is 1. The Morgan fingerprint density at radius 3 is 2.13 bits per heavy atom. The van der Waals surface area contributed by atoms with Gasteiger partial charge in [0.05, 0.1) is 0 Å². The summed E-state index contributed by atoms with van der Waals surface area (Å²) in [7, 11) is 4.14. The molecular formula is C21H23NS. The number of benzene rings is 1. The largest absolute Gasteiger partial charge is 0.378 e. The summed E-state index contributed by atoms with van der Waals surface area (Å²) in [6.07, 6.45) is 9.08. The molecule has 1 aromatic heterocycles. The molecule has 0 saturated heterocycles. The fourth-order valence-corrected chi connectivity index (χ4v) is 3.50. The molecule has 118 valence electrons. The lowest BCUT2D eigenvalue weighted by atomic mass is 9.85. The molecule has 0 spiro atoms. The van der Waals surface area contributed by atoms with Crippen molar-refractivity contribution in [2.75, 3.05) is 19.0 Å². The van der Waals surface area contributed by atoms with Gasteiger partial charge in [-0.25, -0.2) is 0 Å². The van der Waals surface area contributed by atoms with Gasteiger partial charge in [0.15, 0.2) is 0 Å². The first-order valence-corrected chi connectivity index (χ1v) is 8.79. The monoisotopic (exact) mass is 321 g/mol. The van der Waals surface area contributed by atoms with Crippen LogP contribution in [0.15, 0.2) is 71.7 Å². The van der Waals surface area contributed by atoms with Crippen LogP contribution in [0.5, 0.6) is 0 Å². The lowest BCUT2D eigenvalue weighted by Gasteiger charge is -2.21. The van der Waals surface area contributed by atoms with Crippen molar-refractivity contribution in [1.29, 1.82) is 0 Å². The fourth-order valence-electron chi connectivity index (χ4n) is 2.69. The van der Waals surface area contributed by atoms with Crippen LogP contribution in [0, 0.1) is 5.41 Å². The van der Waals surface area contributed by atoms with Crippen molar-refractivity contribution in [2.24, 2.45) is 5.41 Å². The number of hydrogen-bond donors (Lipinski definition) is 0. The van der Waals surface area contributed by atoms with Gasteiger partial charge in [0.25, 0.3) is 0 Å². The molecule has 1 aliphatic rings. The van der Waals surface area contributed by atoms with E-state index < -0.39 is 0 Å². The van der Waals surface area contributed by atoms with Crippen molar-refractivity contribution in [1.82, 2.24) is 0 Å². The highest BCUT2D eigenvalue weighted by Gasteiger charge is 2.16. The van der Waals surface area contributed by atoms with Gasteiger partial charge >= 0.3 is 0 Å². The summed E-state index contributed by atoms with van der Waals surface area (Å²) >= 11 is 1.79. The van der Waals surface area contributed by atoms with Crippen LogP contribution < -0.4 is 4.90 Å². The van der Waals surface area contributed by atoms with E-state index in [9.17, 15) is 0 Å². The molecule has 0 atom stereocenters. The van der Waals surface area contributed by atoms with Crippen LogP contribution in [-0.4, -0.2) is 14.1 Å². The van der Waals surface area contributed by atoms with Crippen LogP contribution in [0.1, 0.15) is 24.3 Å². The van der Waals surface area contributed by atoms with Gasteiger partial charge < -0.3 is 4.90 Å². The fraction of sp³-hybridized carbons (Fsp3) is 0.238. The number of nitrogens with zero attached hydrogens (tertiary/aromatic N) is 1. The Morgan fingerprint density at radius 1 is 0.957 bits per heavy atom. The molecule has 0 amide bonds. The Morgan fingerprint density at radius 2 is 1.61 bits per heavy atom. The summed E-state index contributed by atoms with van der Waals surface area (Å²) < 4.78 is 0. The molecule has 0 radical (unpaired) electrons. The summed E-state index contributed by atoms with van der Waals surface area (Å²) in [6.45, 7) is 4.46. The number of rotatable bonds is 3. The number of allylic oxidation sites excluding steroid dienone is 5. The second kappa shape index (κ2) is 6.21. The zero-order valence-electron chi connectivity index (χ0n) is 14.2. The highest BCUT2D eigenvalue weighted by Crippen LogP contribution is 2.35. The SMILES string of the molecule is CN(C)c1ccc(C(=C2C=CC(C)(C)C=C2)c2cccs2)cc1. The van der Waals surface area contributed by atoms with Gasteiger partial charge in [-0.05, 0) is 34.7 Å². The van der Waals surface area contributed by atoms with Crippen LogP contribution >= 0.6 is 11.3 Å². The average Bonchev–Trinajstić information content (AvgIpc) is 3.04. The van der Waals surface area contributed by atoms with Gasteiger partial charge in [-0.2, -0.15) is 0 Å². The predicted molar refractivity (Wildman–Crippen MR) is 103 cm³/mol. The van der Waals surface area contributed by atoms with Crippen LogP contribution in [0.2, 0.25) is 0 Å². The van der Waals surface area contributed by atoms with Crippen molar-refractivity contribution in [3.63, 3.8) is 0 Å². The summed E-state index contributed by atoms with van der Waals surface area (Å²) in [4.78, 5) is 3.44. The molecule has 0 N–H and O–H groups in total. The van der Waals surface area contributed by atoms with E-state index in [0.29, 0.717) is 0 Å². The Kier molecular flexibility index (Phi) is 4.27. The third-order valence-electron chi connectivity index (χ3n) is 4.11. The van der Waals surface area contributed by atoms with Gasteiger partial charge in [-0.1, -0.05) is 56.4 Å². The van der Waals surface area contributed by atoms with E-state index in [2.05, 4.69) is 98.9 Å². The van der Waals surface area contributed by atoms with E-state index in [0.717, 1.165) is 0 Å². The number of thiophene rings is 1. The molecule has 0 bridgehead atoms. The molecule has 2 heteroatoms.